The highest BCUT2D eigenvalue weighted by Gasteiger charge is 2.42. The molecule has 1 aliphatic rings. The van der Waals surface area contributed by atoms with E-state index in [4.69, 9.17) is 9.47 Å². The van der Waals surface area contributed by atoms with Gasteiger partial charge in [-0.25, -0.2) is 0 Å². The summed E-state index contributed by atoms with van der Waals surface area (Å²) in [6, 6.07) is 6.40. The summed E-state index contributed by atoms with van der Waals surface area (Å²) in [4.78, 5) is 15.1. The third kappa shape index (κ3) is 2.47. The van der Waals surface area contributed by atoms with Gasteiger partial charge in [-0.15, -0.1) is 0 Å². The Morgan fingerprint density at radius 3 is 2.90 bits per heavy atom. The van der Waals surface area contributed by atoms with Gasteiger partial charge in [-0.3, -0.25) is 15.1 Å². The van der Waals surface area contributed by atoms with Crippen molar-refractivity contribution in [1.29, 1.82) is 0 Å². The molecule has 110 valence electrons. The van der Waals surface area contributed by atoms with Gasteiger partial charge in [-0.1, -0.05) is 15.9 Å². The minimum atomic E-state index is -0.413. The van der Waals surface area contributed by atoms with Gasteiger partial charge in [0.2, 0.25) is 0 Å². The number of nitro groups is 1. The van der Waals surface area contributed by atoms with Crippen LogP contribution < -0.4 is 4.74 Å². The van der Waals surface area contributed by atoms with Crippen LogP contribution >= 0.6 is 15.9 Å². The molecule has 7 heteroatoms. The molecular weight excluding hydrogens is 340 g/mol. The lowest BCUT2D eigenvalue weighted by molar-refractivity contribution is -0.383. The van der Waals surface area contributed by atoms with Crippen molar-refractivity contribution in [3.05, 3.63) is 40.6 Å². The number of halogens is 1. The molecule has 21 heavy (non-hydrogen) atoms. The normalized spacial score (nSPS) is 24.6. The van der Waals surface area contributed by atoms with Crippen LogP contribution in [0.15, 0.2) is 30.5 Å². The number of rotatable bonds is 4. The Morgan fingerprint density at radius 2 is 2.24 bits per heavy atom. The summed E-state index contributed by atoms with van der Waals surface area (Å²) in [6.45, 7) is 0. The Kier molecular flexibility index (Phi) is 3.77. The van der Waals surface area contributed by atoms with Gasteiger partial charge < -0.3 is 9.47 Å². The van der Waals surface area contributed by atoms with Crippen molar-refractivity contribution in [1.82, 2.24) is 4.98 Å². The zero-order chi connectivity index (χ0) is 15.0. The number of alkyl halides is 1. The van der Waals surface area contributed by atoms with Crippen molar-refractivity contribution in [3.63, 3.8) is 0 Å². The summed E-state index contributed by atoms with van der Waals surface area (Å²) in [5, 5.41) is 11.5. The highest BCUT2D eigenvalue weighted by atomic mass is 79.9. The maximum Gasteiger partial charge on any atom is 0.279 e. The van der Waals surface area contributed by atoms with Crippen molar-refractivity contribution < 1.29 is 14.4 Å². The molecule has 1 heterocycles. The van der Waals surface area contributed by atoms with Gasteiger partial charge >= 0.3 is 0 Å². The van der Waals surface area contributed by atoms with Gasteiger partial charge in [0, 0.05) is 30.6 Å². The number of aromatic nitrogens is 1. The maximum absolute atomic E-state index is 11.1. The fourth-order valence-corrected chi connectivity index (χ4v) is 3.42. The molecule has 0 spiro atoms. The zero-order valence-corrected chi connectivity index (χ0v) is 12.8. The van der Waals surface area contributed by atoms with Crippen LogP contribution in [0, 0.1) is 10.1 Å². The van der Waals surface area contributed by atoms with Gasteiger partial charge in [0.1, 0.15) is 23.5 Å². The second-order valence-electron chi connectivity index (χ2n) is 4.85. The van der Waals surface area contributed by atoms with E-state index in [9.17, 15) is 10.1 Å². The standard InChI is InChI=1S/C14H13BrN2O4/c1-20-14-9(15)7-12(14)21-11-5-4-10(17(18)19)8-3-2-6-16-13(8)11/h2-6,9,12,14H,7H2,1H3. The minimum Gasteiger partial charge on any atom is -0.485 e. The van der Waals surface area contributed by atoms with E-state index in [-0.39, 0.29) is 22.7 Å². The number of benzene rings is 1. The minimum absolute atomic E-state index is 0.0284. The van der Waals surface area contributed by atoms with E-state index in [1.165, 1.54) is 6.07 Å². The molecule has 3 atom stereocenters. The highest BCUT2D eigenvalue weighted by Crippen LogP contribution is 2.37. The lowest BCUT2D eigenvalue weighted by Crippen LogP contribution is -2.51. The Hall–Kier alpha value is -1.73. The molecule has 1 aromatic heterocycles. The highest BCUT2D eigenvalue weighted by molar-refractivity contribution is 9.09. The smallest absolute Gasteiger partial charge is 0.279 e. The summed E-state index contributed by atoms with van der Waals surface area (Å²) >= 11 is 3.51. The Morgan fingerprint density at radius 1 is 1.43 bits per heavy atom. The Balaban J connectivity index is 1.97. The van der Waals surface area contributed by atoms with Crippen LogP contribution in [0.5, 0.6) is 5.75 Å². The molecule has 0 saturated heterocycles. The summed E-state index contributed by atoms with van der Waals surface area (Å²) in [6.07, 6.45) is 2.31. The summed E-state index contributed by atoms with van der Waals surface area (Å²) < 4.78 is 11.3. The number of hydrogen-bond donors (Lipinski definition) is 0. The van der Waals surface area contributed by atoms with Crippen molar-refractivity contribution in [2.45, 2.75) is 23.5 Å². The van der Waals surface area contributed by atoms with Crippen molar-refractivity contribution in [3.8, 4) is 5.75 Å². The number of ether oxygens (including phenoxy) is 2. The summed E-state index contributed by atoms with van der Waals surface area (Å²) in [5.74, 6) is 0.544. The molecule has 1 fully saturated rings. The second-order valence-corrected chi connectivity index (χ2v) is 6.02. The number of nitrogens with zero attached hydrogens (tertiary/aromatic N) is 2. The van der Waals surface area contributed by atoms with Crippen molar-refractivity contribution >= 4 is 32.5 Å². The van der Waals surface area contributed by atoms with Crippen LogP contribution in [0.3, 0.4) is 0 Å². The first-order valence-electron chi connectivity index (χ1n) is 6.47. The second kappa shape index (κ2) is 5.57. The van der Waals surface area contributed by atoms with Crippen molar-refractivity contribution in [2.75, 3.05) is 7.11 Å². The molecule has 3 unspecified atom stereocenters. The molecule has 3 rings (SSSR count). The van der Waals surface area contributed by atoms with Gasteiger partial charge in [-0.05, 0) is 18.2 Å². The topological polar surface area (TPSA) is 74.5 Å². The quantitative estimate of drug-likeness (QED) is 0.480. The summed E-state index contributed by atoms with van der Waals surface area (Å²) in [5.41, 5.74) is 0.528. The Bertz CT molecular complexity index is 694. The predicted octanol–water partition coefficient (Wildman–Crippen LogP) is 3.07. The van der Waals surface area contributed by atoms with Gasteiger partial charge in [0.05, 0.1) is 10.3 Å². The maximum atomic E-state index is 11.1. The van der Waals surface area contributed by atoms with E-state index in [0.29, 0.717) is 16.7 Å². The van der Waals surface area contributed by atoms with Crippen LogP contribution in [0.2, 0.25) is 0 Å². The average Bonchev–Trinajstić information content (AvgIpc) is 2.46. The molecule has 1 aliphatic carbocycles. The zero-order valence-electron chi connectivity index (χ0n) is 11.2. The van der Waals surface area contributed by atoms with E-state index in [1.807, 2.05) is 0 Å². The van der Waals surface area contributed by atoms with Gasteiger partial charge in [0.15, 0.2) is 0 Å². The Labute approximate surface area is 129 Å². The number of hydrogen-bond acceptors (Lipinski definition) is 5. The van der Waals surface area contributed by atoms with E-state index in [2.05, 4.69) is 20.9 Å². The van der Waals surface area contributed by atoms with Gasteiger partial charge in [-0.2, -0.15) is 0 Å². The average molecular weight is 353 g/mol. The fraction of sp³-hybridized carbons (Fsp3) is 0.357. The molecule has 1 saturated carbocycles. The third-order valence-electron chi connectivity index (χ3n) is 3.64. The molecule has 6 nitrogen and oxygen atoms in total. The van der Waals surface area contributed by atoms with Crippen LogP contribution in [-0.4, -0.2) is 34.1 Å². The van der Waals surface area contributed by atoms with Gasteiger partial charge in [0.25, 0.3) is 5.69 Å². The first kappa shape index (κ1) is 14.2. The number of nitro benzene ring substituents is 1. The van der Waals surface area contributed by atoms with E-state index >= 15 is 0 Å². The number of fused-ring (bicyclic) bond motifs is 1. The number of non-ortho nitro benzene ring substituents is 1. The van der Waals surface area contributed by atoms with E-state index in [0.717, 1.165) is 6.42 Å². The fourth-order valence-electron chi connectivity index (χ4n) is 2.49. The largest absolute Gasteiger partial charge is 0.485 e. The molecule has 1 aromatic carbocycles. The summed E-state index contributed by atoms with van der Waals surface area (Å²) in [7, 11) is 1.64. The molecule has 0 bridgehead atoms. The SMILES string of the molecule is COC1C(Br)CC1Oc1ccc([N+](=O)[O-])c2cccnc12. The van der Waals surface area contributed by atoms with E-state index < -0.39 is 4.92 Å². The van der Waals surface area contributed by atoms with Crippen LogP contribution in [0.4, 0.5) is 5.69 Å². The lowest BCUT2D eigenvalue weighted by atomic mass is 9.91. The first-order chi connectivity index (χ1) is 10.1. The molecule has 0 N–H and O–H groups in total. The van der Waals surface area contributed by atoms with Crippen molar-refractivity contribution in [2.24, 2.45) is 0 Å². The number of pyridine rings is 1. The number of methoxy groups -OCH3 is 1. The molecule has 2 aromatic rings. The third-order valence-corrected chi connectivity index (χ3v) is 4.53. The van der Waals surface area contributed by atoms with Crippen LogP contribution in [0.1, 0.15) is 6.42 Å². The van der Waals surface area contributed by atoms with Crippen LogP contribution in [0.25, 0.3) is 10.9 Å². The van der Waals surface area contributed by atoms with E-state index in [1.54, 1.807) is 31.5 Å². The molecule has 0 aliphatic heterocycles. The monoisotopic (exact) mass is 352 g/mol. The molecular formula is C14H13BrN2O4. The van der Waals surface area contributed by atoms with Crippen LogP contribution in [-0.2, 0) is 4.74 Å². The predicted molar refractivity (Wildman–Crippen MR) is 80.9 cm³/mol. The first-order valence-corrected chi connectivity index (χ1v) is 7.39. The molecule has 0 amide bonds. The lowest BCUT2D eigenvalue weighted by Gasteiger charge is -2.40. The molecule has 0 radical (unpaired) electrons.